The number of aryl methyl sites for hydroxylation is 1. The van der Waals surface area contributed by atoms with E-state index >= 15 is 0 Å². The number of ether oxygens (including phenoxy) is 1. The largest absolute Gasteiger partial charge is 0.497 e. The van der Waals surface area contributed by atoms with Gasteiger partial charge >= 0.3 is 10.1 Å². The number of carbonyl (C=O) groups is 1. The SMILES string of the molecule is COc1cccc(CC(=O)N/N=C/c2ccccc2OS(=O)(=O)c2ccc(C)cc2)c1. The molecule has 3 rings (SSSR count). The molecule has 0 atom stereocenters. The van der Waals surface area contributed by atoms with E-state index < -0.39 is 10.1 Å². The maximum atomic E-state index is 12.6. The summed E-state index contributed by atoms with van der Waals surface area (Å²) in [6, 6.07) is 20.1. The molecule has 0 bridgehead atoms. The summed E-state index contributed by atoms with van der Waals surface area (Å²) in [7, 11) is -2.44. The van der Waals surface area contributed by atoms with Crippen molar-refractivity contribution in [2.75, 3.05) is 7.11 Å². The summed E-state index contributed by atoms with van der Waals surface area (Å²) in [5, 5.41) is 3.92. The van der Waals surface area contributed by atoms with Crippen LogP contribution in [0.2, 0.25) is 0 Å². The fourth-order valence-electron chi connectivity index (χ4n) is 2.72. The molecule has 0 fully saturated rings. The van der Waals surface area contributed by atoms with Gasteiger partial charge in [-0.05, 0) is 48.9 Å². The molecule has 0 saturated carbocycles. The molecular weight excluding hydrogens is 416 g/mol. The standard InChI is InChI=1S/C23H22N2O5S/c1-17-10-12-21(13-11-17)31(27,28)30-22-9-4-3-7-19(22)16-24-25-23(26)15-18-6-5-8-20(14-18)29-2/h3-14,16H,15H2,1-2H3,(H,25,26)/b24-16+. The van der Waals surface area contributed by atoms with Crippen LogP contribution in [-0.4, -0.2) is 27.6 Å². The summed E-state index contributed by atoms with van der Waals surface area (Å²) >= 11 is 0. The minimum atomic E-state index is -4.00. The molecule has 0 radical (unpaired) electrons. The number of amides is 1. The van der Waals surface area contributed by atoms with Crippen LogP contribution >= 0.6 is 0 Å². The van der Waals surface area contributed by atoms with Gasteiger partial charge in [-0.3, -0.25) is 4.79 Å². The Kier molecular flexibility index (Phi) is 7.04. The summed E-state index contributed by atoms with van der Waals surface area (Å²) in [4.78, 5) is 12.2. The number of nitrogens with one attached hydrogen (secondary N) is 1. The third kappa shape index (κ3) is 6.16. The topological polar surface area (TPSA) is 94.1 Å². The van der Waals surface area contributed by atoms with Gasteiger partial charge in [0, 0.05) is 5.56 Å². The number of hydrogen-bond acceptors (Lipinski definition) is 6. The number of hydrogen-bond donors (Lipinski definition) is 1. The Morgan fingerprint density at radius 2 is 1.77 bits per heavy atom. The van der Waals surface area contributed by atoms with Crippen molar-refractivity contribution in [1.82, 2.24) is 5.43 Å². The van der Waals surface area contributed by atoms with Gasteiger partial charge in [0.15, 0.2) is 5.75 Å². The highest BCUT2D eigenvalue weighted by molar-refractivity contribution is 7.87. The molecule has 0 saturated heterocycles. The van der Waals surface area contributed by atoms with Gasteiger partial charge in [-0.15, -0.1) is 0 Å². The molecule has 3 aromatic carbocycles. The second-order valence-corrected chi connectivity index (χ2v) is 8.26. The van der Waals surface area contributed by atoms with Crippen molar-refractivity contribution < 1.29 is 22.1 Å². The van der Waals surface area contributed by atoms with Gasteiger partial charge in [0.05, 0.1) is 19.7 Å². The van der Waals surface area contributed by atoms with Crippen LogP contribution in [0.15, 0.2) is 82.8 Å². The zero-order chi connectivity index (χ0) is 22.3. The Labute approximate surface area is 181 Å². The monoisotopic (exact) mass is 438 g/mol. The molecule has 1 N–H and O–H groups in total. The number of nitrogens with zero attached hydrogens (tertiary/aromatic N) is 1. The lowest BCUT2D eigenvalue weighted by atomic mass is 10.1. The van der Waals surface area contributed by atoms with Crippen LogP contribution in [-0.2, 0) is 21.3 Å². The van der Waals surface area contributed by atoms with Gasteiger partial charge in [0.25, 0.3) is 0 Å². The normalized spacial score (nSPS) is 11.3. The van der Waals surface area contributed by atoms with Crippen molar-refractivity contribution in [1.29, 1.82) is 0 Å². The first-order valence-corrected chi connectivity index (χ1v) is 10.8. The third-order valence-corrected chi connectivity index (χ3v) is 5.57. The molecule has 8 heteroatoms. The first kappa shape index (κ1) is 22.0. The quantitative estimate of drug-likeness (QED) is 0.330. The maximum absolute atomic E-state index is 12.6. The number of rotatable bonds is 8. The van der Waals surface area contributed by atoms with Crippen LogP contribution in [0.3, 0.4) is 0 Å². The van der Waals surface area contributed by atoms with Gasteiger partial charge in [0.2, 0.25) is 5.91 Å². The summed E-state index contributed by atoms with van der Waals surface area (Å²) in [6.07, 6.45) is 1.46. The molecule has 160 valence electrons. The zero-order valence-electron chi connectivity index (χ0n) is 17.1. The minimum Gasteiger partial charge on any atom is -0.497 e. The zero-order valence-corrected chi connectivity index (χ0v) is 17.9. The average Bonchev–Trinajstić information content (AvgIpc) is 2.75. The fourth-order valence-corrected chi connectivity index (χ4v) is 3.67. The first-order valence-electron chi connectivity index (χ1n) is 9.42. The minimum absolute atomic E-state index is 0.0523. The van der Waals surface area contributed by atoms with E-state index in [9.17, 15) is 13.2 Å². The van der Waals surface area contributed by atoms with Crippen molar-refractivity contribution in [2.45, 2.75) is 18.2 Å². The van der Waals surface area contributed by atoms with Gasteiger partial charge in [-0.2, -0.15) is 13.5 Å². The lowest BCUT2D eigenvalue weighted by Gasteiger charge is -2.09. The van der Waals surface area contributed by atoms with E-state index in [0.29, 0.717) is 11.3 Å². The number of benzene rings is 3. The summed E-state index contributed by atoms with van der Waals surface area (Å²) in [6.45, 7) is 1.87. The number of methoxy groups -OCH3 is 1. The van der Waals surface area contributed by atoms with E-state index in [1.54, 1.807) is 55.6 Å². The number of hydrazone groups is 1. The molecule has 31 heavy (non-hydrogen) atoms. The second-order valence-electron chi connectivity index (χ2n) is 6.71. The third-order valence-electron chi connectivity index (χ3n) is 4.32. The lowest BCUT2D eigenvalue weighted by molar-refractivity contribution is -0.120. The Morgan fingerprint density at radius 3 is 2.52 bits per heavy atom. The second kappa shape index (κ2) is 9.90. The highest BCUT2D eigenvalue weighted by Gasteiger charge is 2.17. The highest BCUT2D eigenvalue weighted by Crippen LogP contribution is 2.22. The predicted octanol–water partition coefficient (Wildman–Crippen LogP) is 3.46. The van der Waals surface area contributed by atoms with Gasteiger partial charge in [-0.25, -0.2) is 5.43 Å². The lowest BCUT2D eigenvalue weighted by Crippen LogP contribution is -2.20. The van der Waals surface area contributed by atoms with Crippen molar-refractivity contribution in [2.24, 2.45) is 5.10 Å². The van der Waals surface area contributed by atoms with Gasteiger partial charge in [0.1, 0.15) is 10.6 Å². The van der Waals surface area contributed by atoms with E-state index in [2.05, 4.69) is 10.5 Å². The summed E-state index contributed by atoms with van der Waals surface area (Å²) in [5.74, 6) is 0.443. The smallest absolute Gasteiger partial charge is 0.339 e. The first-order chi connectivity index (χ1) is 14.9. The molecule has 0 spiro atoms. The van der Waals surface area contributed by atoms with E-state index in [4.69, 9.17) is 8.92 Å². The molecule has 0 heterocycles. The van der Waals surface area contributed by atoms with Crippen molar-refractivity contribution in [3.05, 3.63) is 89.5 Å². The Morgan fingerprint density at radius 1 is 1.03 bits per heavy atom. The van der Waals surface area contributed by atoms with E-state index in [0.717, 1.165) is 11.1 Å². The van der Waals surface area contributed by atoms with Crippen LogP contribution in [0.4, 0.5) is 0 Å². The molecule has 0 aliphatic carbocycles. The van der Waals surface area contributed by atoms with Crippen LogP contribution in [0, 0.1) is 6.92 Å². The van der Waals surface area contributed by atoms with Crippen LogP contribution in [0.1, 0.15) is 16.7 Å². The fraction of sp³-hybridized carbons (Fsp3) is 0.130. The molecule has 7 nitrogen and oxygen atoms in total. The number of carbonyl (C=O) groups excluding carboxylic acids is 1. The molecule has 0 unspecified atom stereocenters. The average molecular weight is 439 g/mol. The molecule has 0 aliphatic rings. The summed E-state index contributed by atoms with van der Waals surface area (Å²) < 4.78 is 35.5. The number of para-hydroxylation sites is 1. The van der Waals surface area contributed by atoms with Crippen LogP contribution in [0.25, 0.3) is 0 Å². The highest BCUT2D eigenvalue weighted by atomic mass is 32.2. The molecule has 1 amide bonds. The Balaban J connectivity index is 1.68. The van der Waals surface area contributed by atoms with Crippen molar-refractivity contribution in [3.63, 3.8) is 0 Å². The van der Waals surface area contributed by atoms with Gasteiger partial charge < -0.3 is 8.92 Å². The van der Waals surface area contributed by atoms with E-state index in [1.165, 1.54) is 24.4 Å². The Bertz CT molecular complexity index is 1190. The summed E-state index contributed by atoms with van der Waals surface area (Å²) in [5.41, 5.74) is 4.55. The molecule has 0 aliphatic heterocycles. The van der Waals surface area contributed by atoms with Crippen molar-refractivity contribution >= 4 is 22.2 Å². The van der Waals surface area contributed by atoms with E-state index in [1.807, 2.05) is 13.0 Å². The van der Waals surface area contributed by atoms with E-state index in [-0.39, 0.29) is 23.0 Å². The van der Waals surface area contributed by atoms with Crippen LogP contribution < -0.4 is 14.3 Å². The van der Waals surface area contributed by atoms with Gasteiger partial charge in [-0.1, -0.05) is 42.0 Å². The predicted molar refractivity (Wildman–Crippen MR) is 118 cm³/mol. The molecular formula is C23H22N2O5S. The van der Waals surface area contributed by atoms with Crippen LogP contribution in [0.5, 0.6) is 11.5 Å². The molecule has 3 aromatic rings. The maximum Gasteiger partial charge on any atom is 0.339 e. The Hall–Kier alpha value is -3.65. The molecule has 0 aromatic heterocycles. The van der Waals surface area contributed by atoms with Crippen molar-refractivity contribution in [3.8, 4) is 11.5 Å².